The second-order valence-corrected chi connectivity index (χ2v) is 9.89. The molecule has 0 saturated heterocycles. The summed E-state index contributed by atoms with van der Waals surface area (Å²) in [6, 6.07) is 6.71. The van der Waals surface area contributed by atoms with Gasteiger partial charge in [0.05, 0.1) is 5.02 Å². The lowest BCUT2D eigenvalue weighted by Crippen LogP contribution is -2.38. The predicted octanol–water partition coefficient (Wildman–Crippen LogP) is 5.87. The van der Waals surface area contributed by atoms with E-state index in [-0.39, 0.29) is 51.1 Å². The van der Waals surface area contributed by atoms with Crippen LogP contribution in [0, 0.1) is 22.6 Å². The van der Waals surface area contributed by atoms with Gasteiger partial charge in [0, 0.05) is 23.2 Å². The summed E-state index contributed by atoms with van der Waals surface area (Å²) in [4.78, 5) is 12.9. The highest BCUT2D eigenvalue weighted by Gasteiger charge is 2.62. The van der Waals surface area contributed by atoms with Crippen LogP contribution in [0.5, 0.6) is 11.5 Å². The molecule has 2 aromatic rings. The smallest absolute Gasteiger partial charge is 0.342 e. The van der Waals surface area contributed by atoms with Crippen LogP contribution >= 0.6 is 11.6 Å². The Bertz CT molecular complexity index is 1040. The maximum absolute atomic E-state index is 13.6. The topological polar surface area (TPSA) is 78.8 Å². The van der Waals surface area contributed by atoms with Crippen molar-refractivity contribution in [3.05, 3.63) is 52.3 Å². The van der Waals surface area contributed by atoms with Crippen LogP contribution in [0.15, 0.2) is 30.3 Å². The van der Waals surface area contributed by atoms with Crippen molar-refractivity contribution in [3.8, 4) is 11.5 Å². The molecule has 7 heteroatoms. The van der Waals surface area contributed by atoms with Crippen LogP contribution in [-0.4, -0.2) is 22.3 Å². The van der Waals surface area contributed by atoms with E-state index in [2.05, 4.69) is 26.1 Å². The minimum atomic E-state index is -0.563. The van der Waals surface area contributed by atoms with Crippen LogP contribution < -0.4 is 5.32 Å². The summed E-state index contributed by atoms with van der Waals surface area (Å²) in [5, 5.41) is 23.2. The Morgan fingerprint density at radius 2 is 2.00 bits per heavy atom. The van der Waals surface area contributed by atoms with Gasteiger partial charge in [-0.3, -0.25) is 0 Å². The molecule has 5 nitrogen and oxygen atoms in total. The van der Waals surface area contributed by atoms with Crippen LogP contribution in [-0.2, 0) is 11.3 Å². The number of carbonyl (C=O) groups is 1. The van der Waals surface area contributed by atoms with E-state index in [4.69, 9.17) is 16.3 Å². The van der Waals surface area contributed by atoms with Gasteiger partial charge >= 0.3 is 5.97 Å². The third-order valence-corrected chi connectivity index (χ3v) is 8.06. The molecule has 0 aliphatic heterocycles. The molecule has 2 aliphatic rings. The third-order valence-electron chi connectivity index (χ3n) is 7.77. The molecule has 2 aliphatic carbocycles. The number of phenolic OH excluding ortho intramolecular Hbond substituents is 2. The first-order chi connectivity index (χ1) is 14.5. The normalized spacial score (nSPS) is 26.1. The van der Waals surface area contributed by atoms with Gasteiger partial charge in [-0.1, -0.05) is 32.4 Å². The molecular formula is C24H27ClFNO4. The largest absolute Gasteiger partial charge is 0.507 e. The predicted molar refractivity (Wildman–Crippen MR) is 117 cm³/mol. The highest BCUT2D eigenvalue weighted by molar-refractivity contribution is 6.32. The summed E-state index contributed by atoms with van der Waals surface area (Å²) in [6.07, 6.45) is 2.83. The van der Waals surface area contributed by atoms with Crippen LogP contribution in [0.3, 0.4) is 0 Å². The van der Waals surface area contributed by atoms with E-state index in [1.54, 1.807) is 6.07 Å². The average Bonchev–Trinajstić information content (AvgIpc) is 3.04. The molecule has 0 amide bonds. The Morgan fingerprint density at radius 1 is 1.26 bits per heavy atom. The first-order valence-electron chi connectivity index (χ1n) is 10.5. The van der Waals surface area contributed by atoms with Gasteiger partial charge in [-0.05, 0) is 60.9 Å². The van der Waals surface area contributed by atoms with Crippen LogP contribution in [0.25, 0.3) is 0 Å². The number of ether oxygens (including phenoxy) is 1. The summed E-state index contributed by atoms with van der Waals surface area (Å²) >= 11 is 5.82. The second kappa shape index (κ2) is 7.59. The number of phenols is 2. The molecule has 166 valence electrons. The first kappa shape index (κ1) is 21.8. The van der Waals surface area contributed by atoms with Crippen molar-refractivity contribution in [2.45, 2.75) is 52.7 Å². The first-order valence-corrected chi connectivity index (χ1v) is 10.9. The number of hydrogen-bond donors (Lipinski definition) is 3. The Kier molecular flexibility index (Phi) is 5.32. The van der Waals surface area contributed by atoms with Crippen LogP contribution in [0.2, 0.25) is 5.02 Å². The van der Waals surface area contributed by atoms with E-state index in [0.717, 1.165) is 25.3 Å². The molecule has 0 aromatic heterocycles. The number of aromatic hydroxyl groups is 2. The van der Waals surface area contributed by atoms with E-state index in [0.29, 0.717) is 11.6 Å². The number of carbonyl (C=O) groups excluding carboxylic acids is 1. The highest BCUT2D eigenvalue weighted by atomic mass is 35.5. The molecule has 31 heavy (non-hydrogen) atoms. The second-order valence-electron chi connectivity index (χ2n) is 9.49. The van der Waals surface area contributed by atoms with E-state index in [1.165, 1.54) is 18.2 Å². The zero-order valence-corrected chi connectivity index (χ0v) is 18.6. The monoisotopic (exact) mass is 447 g/mol. The quantitative estimate of drug-likeness (QED) is 0.394. The lowest BCUT2D eigenvalue weighted by molar-refractivity contribution is -0.0244. The lowest BCUT2D eigenvalue weighted by atomic mass is 9.70. The molecule has 2 saturated carbocycles. The van der Waals surface area contributed by atoms with Crippen molar-refractivity contribution in [2.75, 3.05) is 5.32 Å². The summed E-state index contributed by atoms with van der Waals surface area (Å²) in [5.41, 5.74) is 0.893. The van der Waals surface area contributed by atoms with Gasteiger partial charge in [0.25, 0.3) is 0 Å². The fourth-order valence-electron chi connectivity index (χ4n) is 5.26. The van der Waals surface area contributed by atoms with E-state index >= 15 is 0 Å². The molecule has 3 N–H and O–H groups in total. The maximum Gasteiger partial charge on any atom is 0.342 e. The van der Waals surface area contributed by atoms with Gasteiger partial charge in [0.1, 0.15) is 29.0 Å². The molecule has 0 radical (unpaired) electrons. The summed E-state index contributed by atoms with van der Waals surface area (Å²) < 4.78 is 19.5. The maximum atomic E-state index is 13.6. The van der Waals surface area contributed by atoms with Gasteiger partial charge < -0.3 is 20.3 Å². The zero-order chi connectivity index (χ0) is 22.6. The van der Waals surface area contributed by atoms with Crippen LogP contribution in [0.1, 0.15) is 56.0 Å². The van der Waals surface area contributed by atoms with Gasteiger partial charge in [-0.2, -0.15) is 0 Å². The summed E-state index contributed by atoms with van der Waals surface area (Å²) in [6.45, 7) is 6.76. The standard InChI is InChI=1S/C24H27ClFNO4/c1-23(2)14-6-7-24(23,3)20(9-14)31-22(30)17-11-16(4-5-19(17)28)27-12-13-8-15(26)10-18(25)21(13)29/h4-5,8,10-11,14,20,27-29H,6-7,9,12H2,1-3H3. The molecule has 3 atom stereocenters. The van der Waals surface area contributed by atoms with E-state index < -0.39 is 11.8 Å². The molecule has 2 fully saturated rings. The fourth-order valence-corrected chi connectivity index (χ4v) is 5.49. The molecule has 4 rings (SSSR count). The van der Waals surface area contributed by atoms with Crippen LogP contribution in [0.4, 0.5) is 10.1 Å². The third kappa shape index (κ3) is 3.61. The summed E-state index contributed by atoms with van der Waals surface area (Å²) in [5.74, 6) is -0.965. The minimum Gasteiger partial charge on any atom is -0.507 e. The van der Waals surface area contributed by atoms with Gasteiger partial charge in [0.2, 0.25) is 0 Å². The van der Waals surface area contributed by atoms with E-state index in [9.17, 15) is 19.4 Å². The van der Waals surface area contributed by atoms with Crippen molar-refractivity contribution in [3.63, 3.8) is 0 Å². The number of hydrogen-bond acceptors (Lipinski definition) is 5. The van der Waals surface area contributed by atoms with Crippen molar-refractivity contribution in [1.82, 2.24) is 0 Å². The molecule has 3 unspecified atom stereocenters. The van der Waals surface area contributed by atoms with Crippen molar-refractivity contribution >= 4 is 23.3 Å². The van der Waals surface area contributed by atoms with E-state index in [1.807, 2.05) is 0 Å². The molecular weight excluding hydrogens is 421 g/mol. The summed E-state index contributed by atoms with van der Waals surface area (Å²) in [7, 11) is 0. The molecule has 2 bridgehead atoms. The van der Waals surface area contributed by atoms with Crippen molar-refractivity contribution < 1.29 is 24.1 Å². The number of benzene rings is 2. The minimum absolute atomic E-state index is 0.0654. The Hall–Kier alpha value is -2.47. The van der Waals surface area contributed by atoms with Gasteiger partial charge in [0.15, 0.2) is 0 Å². The highest BCUT2D eigenvalue weighted by Crippen LogP contribution is 2.66. The number of anilines is 1. The average molecular weight is 448 g/mol. The molecule has 0 spiro atoms. The zero-order valence-electron chi connectivity index (χ0n) is 17.8. The SMILES string of the molecule is CC1(C)C2CCC1(C)C(OC(=O)c1cc(NCc3cc(F)cc(Cl)c3O)ccc1O)C2. The van der Waals surface area contributed by atoms with Gasteiger partial charge in [-0.25, -0.2) is 9.18 Å². The number of esters is 1. The Balaban J connectivity index is 1.49. The number of fused-ring (bicyclic) bond motifs is 2. The van der Waals surface area contributed by atoms with Crippen molar-refractivity contribution in [1.29, 1.82) is 0 Å². The fraction of sp³-hybridized carbons (Fsp3) is 0.458. The Morgan fingerprint density at radius 3 is 2.65 bits per heavy atom. The van der Waals surface area contributed by atoms with Gasteiger partial charge in [-0.15, -0.1) is 0 Å². The Labute approximate surface area is 186 Å². The molecule has 0 heterocycles. The number of halogens is 2. The lowest BCUT2D eigenvalue weighted by Gasteiger charge is -2.38. The van der Waals surface area contributed by atoms with Crippen molar-refractivity contribution in [2.24, 2.45) is 16.7 Å². The number of nitrogens with one attached hydrogen (secondary N) is 1. The number of rotatable bonds is 5. The molecule has 2 aromatic carbocycles.